The summed E-state index contributed by atoms with van der Waals surface area (Å²) in [6.07, 6.45) is -119. The summed E-state index contributed by atoms with van der Waals surface area (Å²) in [5, 5.41) is 374. The zero-order chi connectivity index (χ0) is 108. The van der Waals surface area contributed by atoms with Crippen molar-refractivity contribution in [3.8, 4) is 0 Å². The summed E-state index contributed by atoms with van der Waals surface area (Å²) >= 11 is 0. The predicted octanol–water partition coefficient (Wildman–Crippen LogP) is -25.4. The van der Waals surface area contributed by atoms with Gasteiger partial charge in [0.25, 0.3) is 0 Å². The summed E-state index contributed by atoms with van der Waals surface area (Å²) in [5.41, 5.74) is 0. The van der Waals surface area contributed by atoms with E-state index < -0.39 is 470 Å². The third-order valence-corrected chi connectivity index (χ3v) is 27.0. The second-order valence-corrected chi connectivity index (χ2v) is 37.3. The van der Waals surface area contributed by atoms with Crippen molar-refractivity contribution in [2.45, 2.75) is 410 Å². The average Bonchev–Trinajstić information content (AvgIpc) is 0.762. The quantitative estimate of drug-likeness (QED) is 0.0273. The van der Waals surface area contributed by atoms with Crippen molar-refractivity contribution in [3.05, 3.63) is 0 Å². The fourth-order valence-corrected chi connectivity index (χ4v) is 19.1. The van der Waals surface area contributed by atoms with Gasteiger partial charge in [0.15, 0.2) is 75.5 Å². The topological polar surface area (TPSA) is 1010 Å². The fraction of sp³-hybridized carbons (Fsp3) is 0.939. The van der Waals surface area contributed by atoms with E-state index in [4.69, 9.17) is 109 Å². The van der Waals surface area contributed by atoms with Crippen molar-refractivity contribution in [1.82, 2.24) is 26.6 Å². The van der Waals surface area contributed by atoms with E-state index in [2.05, 4.69) is 26.6 Å². The first-order chi connectivity index (χ1) is 69.5. The van der Waals surface area contributed by atoms with E-state index in [1.165, 1.54) is 6.92 Å². The first-order valence-electron chi connectivity index (χ1n) is 47.0. The molecule has 0 aliphatic carbocycles. The lowest BCUT2D eigenvalue weighted by Crippen LogP contribution is -2.71. The van der Waals surface area contributed by atoms with Crippen LogP contribution in [0.2, 0.25) is 0 Å². The molecule has 12 fully saturated rings. The summed E-state index contributed by atoms with van der Waals surface area (Å²) in [7, 11) is 0. The van der Waals surface area contributed by atoms with Crippen molar-refractivity contribution in [3.63, 3.8) is 0 Å². The molecule has 0 radical (unpaired) electrons. The maximum Gasteiger partial charge on any atom is 0.217 e. The molecule has 0 unspecified atom stereocenters. The standard InChI is InChI=1S/C82H137N5O60/c1-18-40(102)52(114)58(120)76(127-18)147-70-56(118)44(106)26(9-90)131-81(70)143-66-32(15-96)136-75(39(51(66)113)87-23(6)101)146-69-55(117)43(105)27(10-91)132-82(69)144-67-46(108)34(137-79(61(67)123)142-65-31(14-95)134-73(37(49(65)111)85-21(4)99)139-62-28(11-92)128-71(124)35(47(62)109)83-19(2)97)17-126-80-68(145-74-38(86-22(5)100)50(112)64(30(13-94)135-74)141-78-60(122)54(116)42(104)25(8-89)130-78)57(119)45(107)33(138-80)16-125-72-36(84-20(3)98)48(110)63(29(12-93)133-72)140-77-59(121)53(115)41(103)24(7-88)129-77/h18,24-82,88-96,102-124H,7-17H2,1-6H3,(H,83,97)(H,84,98)(H,85,99)(H,86,100)(H,87,101)/t18-,24+,25+,26+,27+,28+,29+,30+,31+,32+,33+,34+,35+,36+,37+,38+,39+,40+,41-,42-,43+,44-,45+,46+,47+,48-,49+,50+,51+,52+,53-,54-,55-,56-,57-,58-,59+,60+,61-,62+,63+,64+,65+,66+,67-,68-,69-,70+,71+,72+,73-,74-,75-,76-,77-,78-,79-,80-,81-,82+/m0/s1. The molecule has 0 saturated carbocycles. The number of aliphatic hydroxyl groups excluding tert-OH is 32. The van der Waals surface area contributed by atoms with Crippen molar-refractivity contribution < 1.29 is 296 Å². The van der Waals surface area contributed by atoms with E-state index in [1.807, 2.05) is 0 Å². The molecule has 12 aliphatic rings. The van der Waals surface area contributed by atoms with Gasteiger partial charge in [-0.2, -0.15) is 0 Å². The highest BCUT2D eigenvalue weighted by atomic mass is 16.8. The van der Waals surface area contributed by atoms with Crippen LogP contribution in [0.3, 0.4) is 0 Å². The first-order valence-corrected chi connectivity index (χ1v) is 47.0. The minimum absolute atomic E-state index is 0.839. The second-order valence-electron chi connectivity index (χ2n) is 37.3. The lowest BCUT2D eigenvalue weighted by molar-refractivity contribution is -0.402. The van der Waals surface area contributed by atoms with Gasteiger partial charge in [-0.25, -0.2) is 0 Å². The van der Waals surface area contributed by atoms with Gasteiger partial charge in [-0.15, -0.1) is 0 Å². The fourth-order valence-electron chi connectivity index (χ4n) is 19.1. The van der Waals surface area contributed by atoms with E-state index in [0.717, 1.165) is 34.6 Å². The molecule has 5 amide bonds. The molecule has 12 aliphatic heterocycles. The molecular formula is C82H137N5O60. The Morgan fingerprint density at radius 1 is 0.190 bits per heavy atom. The highest BCUT2D eigenvalue weighted by molar-refractivity contribution is 5.75. The number of hydrogen-bond donors (Lipinski definition) is 37. The summed E-state index contributed by atoms with van der Waals surface area (Å²) in [6.45, 7) is -7.15. The number of aliphatic hydroxyl groups is 32. The minimum atomic E-state index is -2.74. The molecule has 65 nitrogen and oxygen atoms in total. The molecule has 12 saturated heterocycles. The van der Waals surface area contributed by atoms with Crippen LogP contribution >= 0.6 is 0 Å². The molecule has 12 rings (SSSR count). The van der Waals surface area contributed by atoms with Crippen LogP contribution in [0.25, 0.3) is 0 Å². The third-order valence-electron chi connectivity index (χ3n) is 27.0. The molecule has 12 heterocycles. The second kappa shape index (κ2) is 52.8. The number of hydrogen-bond acceptors (Lipinski definition) is 60. The van der Waals surface area contributed by atoms with Crippen LogP contribution < -0.4 is 26.6 Å². The van der Waals surface area contributed by atoms with Crippen LogP contribution in [0.15, 0.2) is 0 Å². The Balaban J connectivity index is 0.907. The number of amides is 5. The van der Waals surface area contributed by atoms with E-state index in [0.29, 0.717) is 0 Å². The molecule has 147 heavy (non-hydrogen) atoms. The number of rotatable bonds is 38. The minimum Gasteiger partial charge on any atom is -0.394 e. The Morgan fingerprint density at radius 2 is 0.408 bits per heavy atom. The Bertz CT molecular complexity index is 4110. The molecule has 65 heteroatoms. The van der Waals surface area contributed by atoms with Gasteiger partial charge in [0.05, 0.1) is 78.8 Å². The summed E-state index contributed by atoms with van der Waals surface area (Å²) in [6, 6.07) is -9.86. The van der Waals surface area contributed by atoms with Crippen molar-refractivity contribution in [1.29, 1.82) is 0 Å². The Labute approximate surface area is 832 Å². The Kier molecular flexibility index (Phi) is 43.4. The van der Waals surface area contributed by atoms with Gasteiger partial charge in [-0.3, -0.25) is 24.0 Å². The molecular weight excluding hydrogens is 2010 g/mol. The third kappa shape index (κ3) is 26.8. The van der Waals surface area contributed by atoms with Crippen LogP contribution in [0.4, 0.5) is 0 Å². The summed E-state index contributed by atoms with van der Waals surface area (Å²) in [4.78, 5) is 65.3. The van der Waals surface area contributed by atoms with Gasteiger partial charge in [0.1, 0.15) is 287 Å². The van der Waals surface area contributed by atoms with E-state index >= 15 is 0 Å². The van der Waals surface area contributed by atoms with E-state index in [9.17, 15) is 187 Å². The van der Waals surface area contributed by atoms with E-state index in [1.54, 1.807) is 0 Å². The van der Waals surface area contributed by atoms with Crippen molar-refractivity contribution in [2.24, 2.45) is 0 Å². The van der Waals surface area contributed by atoms with Crippen molar-refractivity contribution >= 4 is 29.5 Å². The lowest BCUT2D eigenvalue weighted by Gasteiger charge is -2.51. The first kappa shape index (κ1) is 121. The van der Waals surface area contributed by atoms with Crippen LogP contribution in [0.1, 0.15) is 41.5 Å². The SMILES string of the molecule is CC(=O)N[C@@H]1[C@@H](O)[C@H](O[C@@H]2O[C@H](CO)[C@@H](O[C@@H]3O[C@H](CO[C@H]4O[C@H](CO[C@@H]5O[C@H](CO)[C@@H](O[C@@H]6O[C@H](CO)[C@H](O)[C@H](O)[C@H]6O)[C@@H](O)[C@H]5NC(C)=O)[C@@H](O)[C@H](O)[C@@H]4O[C@@H]4O[C@H](CO)[C@@H](O[C@@H]5O[C@H](CO)[C@H](O)[C@H](O)[C@H]5O)[C@H](O)[C@H]4NC(C)=O)[C@@H](O)[C@H](O[C@H]4O[C@H](CO)[C@@H](O)[C@H](O)[C@@H]4O[C@@H]4O[C@H](CO)[C@@H](O[C@@H]5O[C@H](CO)[C@H](O)[C@H](O)[C@H]5O[C@@H]5O[C@@H](C)[C@@H](O)[C@@H](O)[C@@H]5O)[C@H](O)[C@H]4NC(C)=O)[C@@H]3O)[C@H](O)[C@H]2NC(C)=O)[C@@H](CO)O[C@H]1O. The van der Waals surface area contributed by atoms with Gasteiger partial charge >= 0.3 is 0 Å². The number of nitrogens with one attached hydrogen (secondary N) is 5. The average molecular weight is 2150 g/mol. The Morgan fingerprint density at radius 3 is 0.762 bits per heavy atom. The molecule has 0 aromatic carbocycles. The molecule has 0 spiro atoms. The van der Waals surface area contributed by atoms with Crippen molar-refractivity contribution in [2.75, 3.05) is 72.7 Å². The van der Waals surface area contributed by atoms with Crippen LogP contribution in [0.5, 0.6) is 0 Å². The lowest BCUT2D eigenvalue weighted by atomic mass is 9.93. The Hall–Kier alpha value is -4.85. The molecule has 0 aromatic rings. The molecule has 0 aromatic heterocycles. The maximum atomic E-state index is 13.4. The number of carbonyl (C=O) groups excluding carboxylic acids is 5. The smallest absolute Gasteiger partial charge is 0.217 e. The van der Waals surface area contributed by atoms with Gasteiger partial charge < -0.3 is 299 Å². The molecule has 37 N–H and O–H groups in total. The molecule has 850 valence electrons. The van der Waals surface area contributed by atoms with Crippen LogP contribution in [-0.2, 0) is 133 Å². The summed E-state index contributed by atoms with van der Waals surface area (Å²) in [5.74, 6) is -4.90. The van der Waals surface area contributed by atoms with Gasteiger partial charge in [0.2, 0.25) is 29.5 Å². The highest BCUT2D eigenvalue weighted by Crippen LogP contribution is 2.43. The normalized spacial score (nSPS) is 49.6. The number of ether oxygens (including phenoxy) is 23. The van der Waals surface area contributed by atoms with Gasteiger partial charge in [0, 0.05) is 34.6 Å². The zero-order valence-electron chi connectivity index (χ0n) is 79.2. The monoisotopic (exact) mass is 2150 g/mol. The van der Waals surface area contributed by atoms with Crippen LogP contribution in [-0.4, -0.2) is 634 Å². The zero-order valence-corrected chi connectivity index (χ0v) is 79.2. The van der Waals surface area contributed by atoms with Gasteiger partial charge in [-0.1, -0.05) is 0 Å². The maximum absolute atomic E-state index is 13.4. The molecule has 0 bridgehead atoms. The van der Waals surface area contributed by atoms with Gasteiger partial charge in [-0.05, 0) is 6.92 Å². The molecule has 60 atom stereocenters. The van der Waals surface area contributed by atoms with Crippen LogP contribution in [0, 0.1) is 0 Å². The highest BCUT2D eigenvalue weighted by Gasteiger charge is 2.64. The predicted molar refractivity (Wildman–Crippen MR) is 452 cm³/mol. The largest absolute Gasteiger partial charge is 0.394 e. The van der Waals surface area contributed by atoms with E-state index in [-0.39, 0.29) is 0 Å². The summed E-state index contributed by atoms with van der Waals surface area (Å²) < 4.78 is 138. The number of carbonyl (C=O) groups is 5.